The minimum Gasteiger partial charge on any atom is -0.497 e. The molecule has 1 saturated heterocycles. The van der Waals surface area contributed by atoms with Crippen LogP contribution in [0.15, 0.2) is 47.3 Å². The topological polar surface area (TPSA) is 138 Å². The quantitative estimate of drug-likeness (QED) is 0.373. The number of hydrogen-bond donors (Lipinski definition) is 3. The van der Waals surface area contributed by atoms with Crippen molar-refractivity contribution < 1.29 is 19.1 Å². The summed E-state index contributed by atoms with van der Waals surface area (Å²) in [6.07, 6.45) is 0. The minimum atomic E-state index is -1.62. The number of fused-ring (bicyclic) bond motifs is 1. The van der Waals surface area contributed by atoms with E-state index in [1.165, 1.54) is 16.6 Å². The summed E-state index contributed by atoms with van der Waals surface area (Å²) >= 11 is 0. The van der Waals surface area contributed by atoms with Crippen molar-refractivity contribution in [3.63, 3.8) is 0 Å². The van der Waals surface area contributed by atoms with Gasteiger partial charge in [-0.05, 0) is 48.9 Å². The molecule has 4 amide bonds. The van der Waals surface area contributed by atoms with Gasteiger partial charge in [0.05, 0.1) is 19.3 Å². The van der Waals surface area contributed by atoms with Crippen LogP contribution in [0.5, 0.6) is 5.75 Å². The molecule has 3 aromatic rings. The molecule has 5 rings (SSSR count). The molecule has 2 aliphatic rings. The van der Waals surface area contributed by atoms with Gasteiger partial charge in [-0.1, -0.05) is 17.9 Å². The Hall–Kier alpha value is -4.85. The molecular weight excluding hydrogens is 452 g/mol. The first-order valence-corrected chi connectivity index (χ1v) is 10.7. The number of aryl methyl sites for hydroxylation is 1. The number of nitrogens with one attached hydrogen (secondary N) is 3. The molecular formula is C24H20N6O5. The highest BCUT2D eigenvalue weighted by Gasteiger charge is 2.48. The third kappa shape index (κ3) is 3.80. The second kappa shape index (κ2) is 8.18. The van der Waals surface area contributed by atoms with E-state index in [0.717, 1.165) is 5.56 Å². The van der Waals surface area contributed by atoms with Crippen LogP contribution in [0, 0.1) is 18.8 Å². The first kappa shape index (κ1) is 22.0. The molecule has 0 radical (unpaired) electrons. The molecule has 35 heavy (non-hydrogen) atoms. The van der Waals surface area contributed by atoms with Gasteiger partial charge in [0.25, 0.3) is 11.8 Å². The van der Waals surface area contributed by atoms with E-state index < -0.39 is 17.5 Å². The Kier molecular flexibility index (Phi) is 5.13. The summed E-state index contributed by atoms with van der Waals surface area (Å²) in [5.74, 6) is 5.93. The van der Waals surface area contributed by atoms with Gasteiger partial charge in [0.2, 0.25) is 5.54 Å². The zero-order valence-electron chi connectivity index (χ0n) is 18.8. The van der Waals surface area contributed by atoms with Crippen LogP contribution >= 0.6 is 0 Å². The lowest BCUT2D eigenvalue weighted by Gasteiger charge is -2.26. The number of amides is 4. The molecule has 0 aliphatic carbocycles. The molecule has 3 heterocycles. The Labute approximate surface area is 199 Å². The maximum absolute atomic E-state index is 13.0. The Morgan fingerprint density at radius 2 is 1.89 bits per heavy atom. The van der Waals surface area contributed by atoms with Crippen LogP contribution in [-0.4, -0.2) is 56.7 Å². The van der Waals surface area contributed by atoms with Gasteiger partial charge < -0.3 is 15.0 Å². The number of rotatable bonds is 4. The molecule has 3 N–H and O–H groups in total. The number of urea groups is 1. The number of ether oxygens (including phenoxy) is 1. The second-order valence-corrected chi connectivity index (χ2v) is 8.21. The van der Waals surface area contributed by atoms with E-state index in [0.29, 0.717) is 28.4 Å². The largest absolute Gasteiger partial charge is 0.497 e. The van der Waals surface area contributed by atoms with Crippen LogP contribution in [0.25, 0.3) is 5.69 Å². The average Bonchev–Trinajstić information content (AvgIpc) is 3.45. The van der Waals surface area contributed by atoms with Gasteiger partial charge in [-0.15, -0.1) is 0 Å². The SMILES string of the molecule is COc1ccc2c(c1)C(=O)N(C[C@@]1(C#Cc3ccc(-n4c(C)n[nH]c4=O)cc3)NC(=O)NC1=O)C2. The molecule has 0 saturated carbocycles. The first-order chi connectivity index (χ1) is 16.8. The molecule has 2 aromatic carbocycles. The number of imide groups is 1. The molecule has 1 fully saturated rings. The van der Waals surface area contributed by atoms with E-state index in [2.05, 4.69) is 32.7 Å². The van der Waals surface area contributed by atoms with E-state index in [9.17, 15) is 19.2 Å². The van der Waals surface area contributed by atoms with Gasteiger partial charge in [-0.3, -0.25) is 14.9 Å². The fourth-order valence-electron chi connectivity index (χ4n) is 4.16. The number of methoxy groups -OCH3 is 1. The monoisotopic (exact) mass is 472 g/mol. The average molecular weight is 472 g/mol. The summed E-state index contributed by atoms with van der Waals surface area (Å²) in [5, 5.41) is 11.1. The zero-order valence-corrected chi connectivity index (χ0v) is 18.8. The lowest BCUT2D eigenvalue weighted by molar-refractivity contribution is -0.122. The summed E-state index contributed by atoms with van der Waals surface area (Å²) in [5.41, 5.74) is 0.456. The minimum absolute atomic E-state index is 0.130. The van der Waals surface area contributed by atoms with E-state index in [1.807, 2.05) is 0 Å². The Morgan fingerprint density at radius 1 is 1.11 bits per heavy atom. The molecule has 0 unspecified atom stereocenters. The van der Waals surface area contributed by atoms with E-state index in [1.54, 1.807) is 49.4 Å². The number of nitrogens with zero attached hydrogens (tertiary/aromatic N) is 3. The molecule has 1 atom stereocenters. The van der Waals surface area contributed by atoms with E-state index >= 15 is 0 Å². The van der Waals surface area contributed by atoms with Crippen LogP contribution in [0.1, 0.15) is 27.3 Å². The van der Waals surface area contributed by atoms with Crippen molar-refractivity contribution in [1.29, 1.82) is 0 Å². The Bertz CT molecular complexity index is 1490. The van der Waals surface area contributed by atoms with Crippen LogP contribution in [-0.2, 0) is 11.3 Å². The number of carbonyl (C=O) groups excluding carboxylic acids is 3. The fourth-order valence-corrected chi connectivity index (χ4v) is 4.16. The molecule has 176 valence electrons. The van der Waals surface area contributed by atoms with E-state index in [-0.39, 0.29) is 24.7 Å². The predicted octanol–water partition coefficient (Wildman–Crippen LogP) is 0.463. The highest BCUT2D eigenvalue weighted by molar-refractivity contribution is 6.10. The highest BCUT2D eigenvalue weighted by Crippen LogP contribution is 2.28. The Balaban J connectivity index is 1.43. The van der Waals surface area contributed by atoms with Crippen LogP contribution in [0.3, 0.4) is 0 Å². The number of H-pyrrole nitrogens is 1. The van der Waals surface area contributed by atoms with Crippen molar-refractivity contribution in [3.05, 3.63) is 75.5 Å². The first-order valence-electron chi connectivity index (χ1n) is 10.7. The number of aromatic amines is 1. The van der Waals surface area contributed by atoms with Crippen molar-refractivity contribution >= 4 is 17.8 Å². The van der Waals surface area contributed by atoms with Crippen LogP contribution in [0.4, 0.5) is 4.79 Å². The summed E-state index contributed by atoms with van der Waals surface area (Å²) in [7, 11) is 1.52. The normalized spacial score (nSPS) is 18.6. The van der Waals surface area contributed by atoms with Gasteiger partial charge >= 0.3 is 11.7 Å². The lowest BCUT2D eigenvalue weighted by Crippen LogP contribution is -2.54. The number of hydrogen-bond acceptors (Lipinski definition) is 6. The van der Waals surface area contributed by atoms with Gasteiger partial charge in [0.15, 0.2) is 0 Å². The molecule has 0 bridgehead atoms. The molecule has 1 aromatic heterocycles. The van der Waals surface area contributed by atoms with E-state index in [4.69, 9.17) is 4.74 Å². The van der Waals surface area contributed by atoms with Crippen molar-refractivity contribution in [1.82, 2.24) is 30.3 Å². The fraction of sp³-hybridized carbons (Fsp3) is 0.208. The highest BCUT2D eigenvalue weighted by atomic mass is 16.5. The van der Waals surface area contributed by atoms with Gasteiger partial charge in [-0.2, -0.15) is 5.10 Å². The number of benzene rings is 2. The summed E-state index contributed by atoms with van der Waals surface area (Å²) < 4.78 is 6.61. The van der Waals surface area contributed by atoms with Gasteiger partial charge in [0.1, 0.15) is 11.6 Å². The summed E-state index contributed by atoms with van der Waals surface area (Å²) in [6.45, 7) is 1.85. The van der Waals surface area contributed by atoms with Crippen LogP contribution < -0.4 is 21.1 Å². The third-order valence-corrected chi connectivity index (χ3v) is 5.95. The predicted molar refractivity (Wildman–Crippen MR) is 123 cm³/mol. The molecule has 11 nitrogen and oxygen atoms in total. The number of aromatic nitrogens is 3. The van der Waals surface area contributed by atoms with Gasteiger partial charge in [0, 0.05) is 17.7 Å². The molecule has 2 aliphatic heterocycles. The van der Waals surface area contributed by atoms with Crippen molar-refractivity contribution in [3.8, 4) is 23.3 Å². The zero-order chi connectivity index (χ0) is 24.7. The van der Waals surface area contributed by atoms with Crippen molar-refractivity contribution in [2.75, 3.05) is 13.7 Å². The second-order valence-electron chi connectivity index (χ2n) is 8.21. The maximum atomic E-state index is 13.0. The smallest absolute Gasteiger partial charge is 0.347 e. The number of carbonyl (C=O) groups is 3. The van der Waals surface area contributed by atoms with Crippen molar-refractivity contribution in [2.24, 2.45) is 0 Å². The summed E-state index contributed by atoms with van der Waals surface area (Å²) in [4.78, 5) is 51.2. The third-order valence-electron chi connectivity index (χ3n) is 5.95. The lowest BCUT2D eigenvalue weighted by atomic mass is 9.99. The standard InChI is InChI=1S/C24H20N6O5/c1-14-27-28-23(34)30(14)17-6-3-15(4-7-17)9-10-24(21(32)25-22(33)26-24)13-29-12-16-5-8-18(35-2)11-19(16)20(29)31/h3-8,11H,12-13H2,1-2H3,(H,28,34)(H2,25,26,32,33)/t24-/m1/s1. The molecule has 11 heteroatoms. The van der Waals surface area contributed by atoms with Crippen molar-refractivity contribution in [2.45, 2.75) is 19.0 Å². The maximum Gasteiger partial charge on any atom is 0.347 e. The van der Waals surface area contributed by atoms with Gasteiger partial charge in [-0.25, -0.2) is 19.3 Å². The van der Waals surface area contributed by atoms with Crippen LogP contribution in [0.2, 0.25) is 0 Å². The Morgan fingerprint density at radius 3 is 2.51 bits per heavy atom. The molecule has 0 spiro atoms. The summed E-state index contributed by atoms with van der Waals surface area (Å²) in [6, 6.07) is 11.3.